The molecule has 1 aliphatic heterocycles. The molecule has 2 fully saturated rings. The number of nitrogens with two attached hydrogens (primary N) is 1. The molecular weight excluding hydrogens is 292 g/mol. The molecule has 7 nitrogen and oxygen atoms in total. The van der Waals surface area contributed by atoms with Crippen molar-refractivity contribution in [1.82, 2.24) is 15.1 Å². The van der Waals surface area contributed by atoms with Gasteiger partial charge in [-0.1, -0.05) is 6.42 Å². The summed E-state index contributed by atoms with van der Waals surface area (Å²) in [7, 11) is 3.81. The van der Waals surface area contributed by atoms with E-state index in [1.165, 1.54) is 19.3 Å². The van der Waals surface area contributed by atoms with Crippen molar-refractivity contribution in [3.05, 3.63) is 11.8 Å². The van der Waals surface area contributed by atoms with E-state index in [1.807, 2.05) is 0 Å². The fourth-order valence-corrected chi connectivity index (χ4v) is 2.61. The molecule has 1 amide bonds. The van der Waals surface area contributed by atoms with Gasteiger partial charge in [0.2, 0.25) is 0 Å². The fraction of sp³-hybridized carbons (Fsp3) is 0.688. The van der Waals surface area contributed by atoms with Crippen molar-refractivity contribution in [3.63, 3.8) is 0 Å². The highest BCUT2D eigenvalue weighted by molar-refractivity contribution is 6.00. The van der Waals surface area contributed by atoms with Gasteiger partial charge in [-0.15, -0.1) is 0 Å². The maximum Gasteiger partial charge on any atom is 0.265 e. The monoisotopic (exact) mass is 320 g/mol. The average molecular weight is 320 g/mol. The summed E-state index contributed by atoms with van der Waals surface area (Å²) in [6, 6.07) is 0. The molecule has 2 rings (SSSR count). The first-order valence-electron chi connectivity index (χ1n) is 8.27. The lowest BCUT2D eigenvalue weighted by molar-refractivity contribution is -0.114. The van der Waals surface area contributed by atoms with E-state index in [4.69, 9.17) is 5.73 Å². The number of primary amides is 1. The van der Waals surface area contributed by atoms with Crippen molar-refractivity contribution in [2.24, 2.45) is 21.6 Å². The summed E-state index contributed by atoms with van der Waals surface area (Å²) < 4.78 is 0. The van der Waals surface area contributed by atoms with Crippen molar-refractivity contribution in [2.75, 3.05) is 46.8 Å². The van der Waals surface area contributed by atoms with Crippen molar-refractivity contribution in [1.29, 1.82) is 0 Å². The molecule has 7 heteroatoms. The Hall–Kier alpha value is -1.89. The van der Waals surface area contributed by atoms with E-state index in [0.717, 1.165) is 32.7 Å². The molecule has 0 aromatic heterocycles. The first-order chi connectivity index (χ1) is 11.1. The third-order valence-corrected chi connectivity index (χ3v) is 4.46. The van der Waals surface area contributed by atoms with E-state index in [0.29, 0.717) is 17.6 Å². The molecule has 0 radical (unpaired) electrons. The number of carbonyl (C=O) groups excluding carboxylic acids is 1. The number of piperazine rings is 1. The maximum atomic E-state index is 11.6. The largest absolute Gasteiger partial charge is 0.364 e. The summed E-state index contributed by atoms with van der Waals surface area (Å²) in [5, 5.41) is 3.06. The smallest absolute Gasteiger partial charge is 0.265 e. The van der Waals surface area contributed by atoms with Crippen LogP contribution in [0.4, 0.5) is 0 Å². The number of nitrogens with one attached hydrogen (secondary N) is 1. The zero-order valence-corrected chi connectivity index (χ0v) is 14.2. The Morgan fingerprint density at radius 1 is 1.30 bits per heavy atom. The van der Waals surface area contributed by atoms with Crippen LogP contribution in [0.25, 0.3) is 0 Å². The van der Waals surface area contributed by atoms with Crippen molar-refractivity contribution < 1.29 is 4.79 Å². The minimum Gasteiger partial charge on any atom is -0.364 e. The molecule has 23 heavy (non-hydrogen) atoms. The quantitative estimate of drug-likeness (QED) is 0.426. The molecule has 0 aromatic carbocycles. The SMILES string of the molecule is CN=C(NC(=CC=NCC1CCC1)C(N)=O)N1CCN(C)CC1. The Kier molecular flexibility index (Phi) is 6.58. The first-order valence-corrected chi connectivity index (χ1v) is 8.27. The number of carbonyl (C=O) groups is 1. The Morgan fingerprint density at radius 3 is 2.52 bits per heavy atom. The number of allylic oxidation sites excluding steroid dienone is 1. The number of nitrogens with zero attached hydrogens (tertiary/aromatic N) is 4. The number of hydrogen-bond acceptors (Lipinski definition) is 4. The average Bonchev–Trinajstić information content (AvgIpc) is 2.49. The van der Waals surface area contributed by atoms with Crippen molar-refractivity contribution >= 4 is 18.1 Å². The van der Waals surface area contributed by atoms with Gasteiger partial charge in [-0.3, -0.25) is 14.8 Å². The second-order valence-corrected chi connectivity index (χ2v) is 6.22. The lowest BCUT2D eigenvalue weighted by Gasteiger charge is -2.34. The Morgan fingerprint density at radius 2 is 2.00 bits per heavy atom. The molecule has 0 bridgehead atoms. The standard InChI is InChI=1S/C16H28N6O/c1-18-16(22-10-8-21(2)9-11-22)20-14(15(17)23)6-7-19-12-13-4-3-5-13/h6-7,13H,3-5,8-12H2,1-2H3,(H2,17,23)(H,18,20). The zero-order valence-electron chi connectivity index (χ0n) is 14.2. The first kappa shape index (κ1) is 17.5. The van der Waals surface area contributed by atoms with Gasteiger partial charge in [0.25, 0.3) is 5.91 Å². The van der Waals surface area contributed by atoms with E-state index < -0.39 is 5.91 Å². The molecule has 0 atom stereocenters. The molecular formula is C16H28N6O. The van der Waals surface area contributed by atoms with Crippen LogP contribution in [0.2, 0.25) is 0 Å². The molecule has 128 valence electrons. The lowest BCUT2D eigenvalue weighted by Crippen LogP contribution is -2.52. The number of guanidine groups is 1. The van der Waals surface area contributed by atoms with Gasteiger partial charge >= 0.3 is 0 Å². The van der Waals surface area contributed by atoms with Crippen molar-refractivity contribution in [3.8, 4) is 0 Å². The number of aliphatic imine (C=N–C) groups is 2. The number of amides is 1. The van der Waals surface area contributed by atoms with E-state index in [-0.39, 0.29) is 0 Å². The molecule has 1 aliphatic carbocycles. The topological polar surface area (TPSA) is 86.3 Å². The van der Waals surface area contributed by atoms with Gasteiger partial charge in [0.15, 0.2) is 5.96 Å². The van der Waals surface area contributed by atoms with Crippen LogP contribution in [0.15, 0.2) is 21.8 Å². The van der Waals surface area contributed by atoms with E-state index in [2.05, 4.69) is 32.1 Å². The maximum absolute atomic E-state index is 11.6. The Labute approximate surface area is 138 Å². The molecule has 0 spiro atoms. The second-order valence-electron chi connectivity index (χ2n) is 6.22. The van der Waals surface area contributed by atoms with E-state index in [1.54, 1.807) is 19.3 Å². The van der Waals surface area contributed by atoms with Crippen LogP contribution in [0.1, 0.15) is 19.3 Å². The highest BCUT2D eigenvalue weighted by Crippen LogP contribution is 2.26. The highest BCUT2D eigenvalue weighted by Gasteiger charge is 2.19. The summed E-state index contributed by atoms with van der Waals surface area (Å²) in [5.74, 6) is 0.883. The molecule has 2 aliphatic rings. The van der Waals surface area contributed by atoms with Crippen molar-refractivity contribution in [2.45, 2.75) is 19.3 Å². The van der Waals surface area contributed by atoms with Gasteiger partial charge in [0, 0.05) is 46.0 Å². The van der Waals surface area contributed by atoms with Crippen LogP contribution >= 0.6 is 0 Å². The Bertz CT molecular complexity index is 487. The van der Waals surface area contributed by atoms with Gasteiger partial charge in [-0.05, 0) is 31.9 Å². The Balaban J connectivity index is 1.92. The van der Waals surface area contributed by atoms with Gasteiger partial charge in [0.1, 0.15) is 5.70 Å². The predicted octanol–water partition coefficient (Wildman–Crippen LogP) is 0.0493. The number of hydrogen-bond donors (Lipinski definition) is 2. The third kappa shape index (κ3) is 5.35. The molecule has 1 heterocycles. The summed E-state index contributed by atoms with van der Waals surface area (Å²) in [5.41, 5.74) is 5.78. The van der Waals surface area contributed by atoms with E-state index >= 15 is 0 Å². The number of rotatable bonds is 5. The van der Waals surface area contributed by atoms with Crippen LogP contribution in [-0.4, -0.2) is 74.7 Å². The highest BCUT2D eigenvalue weighted by atomic mass is 16.1. The minimum absolute atomic E-state index is 0.321. The van der Waals surface area contributed by atoms with Crippen LogP contribution in [0.3, 0.4) is 0 Å². The number of likely N-dealkylation sites (N-methyl/N-ethyl adjacent to an activating group) is 1. The molecule has 3 N–H and O–H groups in total. The molecule has 1 saturated heterocycles. The van der Waals surface area contributed by atoms with E-state index in [9.17, 15) is 4.79 Å². The van der Waals surface area contributed by atoms with Crippen LogP contribution < -0.4 is 11.1 Å². The molecule has 0 aromatic rings. The molecule has 1 saturated carbocycles. The minimum atomic E-state index is -0.504. The van der Waals surface area contributed by atoms with Gasteiger partial charge in [0.05, 0.1) is 0 Å². The fourth-order valence-electron chi connectivity index (χ4n) is 2.61. The van der Waals surface area contributed by atoms with Gasteiger partial charge < -0.3 is 20.9 Å². The van der Waals surface area contributed by atoms with Crippen LogP contribution in [-0.2, 0) is 4.79 Å². The summed E-state index contributed by atoms with van der Waals surface area (Å²) in [6.45, 7) is 4.52. The lowest BCUT2D eigenvalue weighted by atomic mass is 9.86. The second kappa shape index (κ2) is 8.67. The summed E-state index contributed by atoms with van der Waals surface area (Å²) in [4.78, 5) is 24.6. The normalized spacial score (nSPS) is 21.6. The zero-order chi connectivity index (χ0) is 16.7. The third-order valence-electron chi connectivity index (χ3n) is 4.46. The summed E-state index contributed by atoms with van der Waals surface area (Å²) in [6.07, 6.45) is 7.15. The van der Waals surface area contributed by atoms with Crippen LogP contribution in [0.5, 0.6) is 0 Å². The predicted molar refractivity (Wildman–Crippen MR) is 93.5 cm³/mol. The van der Waals surface area contributed by atoms with Gasteiger partial charge in [-0.25, -0.2) is 0 Å². The molecule has 0 unspecified atom stereocenters. The van der Waals surface area contributed by atoms with Crippen LogP contribution in [0, 0.1) is 5.92 Å². The summed E-state index contributed by atoms with van der Waals surface area (Å²) >= 11 is 0. The van der Waals surface area contributed by atoms with Gasteiger partial charge in [-0.2, -0.15) is 0 Å².